The van der Waals surface area contributed by atoms with Crippen LogP contribution in [0.2, 0.25) is 0 Å². The van der Waals surface area contributed by atoms with E-state index >= 15 is 0 Å². The van der Waals surface area contributed by atoms with Gasteiger partial charge in [0, 0.05) is 33.8 Å². The predicted molar refractivity (Wildman–Crippen MR) is 171 cm³/mol. The lowest BCUT2D eigenvalue weighted by Gasteiger charge is -2.13. The van der Waals surface area contributed by atoms with Crippen molar-refractivity contribution in [2.75, 3.05) is 0 Å². The summed E-state index contributed by atoms with van der Waals surface area (Å²) in [4.78, 5) is 5.08. The Bertz CT molecular complexity index is 2150. The highest BCUT2D eigenvalue weighted by Crippen LogP contribution is 2.36. The summed E-state index contributed by atoms with van der Waals surface area (Å²) < 4.78 is 4.63. The van der Waals surface area contributed by atoms with Gasteiger partial charge in [-0.15, -0.1) is 0 Å². The number of nitrogens with zero attached hydrogens (tertiary/aromatic N) is 3. The average molecular weight is 526 g/mol. The topological polar surface area (TPSA) is 22.2 Å². The molecule has 0 N–H and O–H groups in total. The third-order valence-corrected chi connectivity index (χ3v) is 8.06. The van der Waals surface area contributed by atoms with Gasteiger partial charge in [-0.3, -0.25) is 4.40 Å². The molecule has 0 saturated carbocycles. The molecule has 0 amide bonds. The maximum atomic E-state index is 5.08. The van der Waals surface area contributed by atoms with Crippen LogP contribution in [0.5, 0.6) is 0 Å². The lowest BCUT2D eigenvalue weighted by atomic mass is 10.0. The fraction of sp³-hybridized carbons (Fsp3) is 0.0263. The number of fused-ring (bicyclic) bond motifs is 4. The Morgan fingerprint density at radius 1 is 0.512 bits per heavy atom. The molecule has 8 rings (SSSR count). The summed E-state index contributed by atoms with van der Waals surface area (Å²) in [6.07, 6.45) is 2.23. The zero-order valence-electron chi connectivity index (χ0n) is 22.7. The van der Waals surface area contributed by atoms with Crippen molar-refractivity contribution in [2.45, 2.75) is 6.92 Å². The molecule has 3 nitrogen and oxygen atoms in total. The first-order valence-corrected chi connectivity index (χ1v) is 14.0. The Morgan fingerprint density at radius 2 is 1.10 bits per heavy atom. The van der Waals surface area contributed by atoms with Crippen LogP contribution in [0.3, 0.4) is 0 Å². The molecule has 0 aliphatic heterocycles. The van der Waals surface area contributed by atoms with Gasteiger partial charge in [-0.05, 0) is 60.0 Å². The zero-order valence-corrected chi connectivity index (χ0v) is 22.7. The first-order chi connectivity index (χ1) is 20.3. The van der Waals surface area contributed by atoms with Crippen LogP contribution in [0.4, 0.5) is 0 Å². The Balaban J connectivity index is 1.29. The van der Waals surface area contributed by atoms with Gasteiger partial charge < -0.3 is 4.57 Å². The monoisotopic (exact) mass is 525 g/mol. The van der Waals surface area contributed by atoms with E-state index in [1.165, 1.54) is 38.6 Å². The average Bonchev–Trinajstić information content (AvgIpc) is 3.58. The summed E-state index contributed by atoms with van der Waals surface area (Å²) in [7, 11) is 0. The maximum Gasteiger partial charge on any atom is 0.137 e. The van der Waals surface area contributed by atoms with Crippen LogP contribution < -0.4 is 0 Å². The molecule has 0 spiro atoms. The number of rotatable bonds is 4. The molecule has 0 saturated heterocycles. The number of benzene rings is 5. The van der Waals surface area contributed by atoms with Crippen molar-refractivity contribution >= 4 is 27.5 Å². The molecule has 0 aliphatic rings. The first-order valence-electron chi connectivity index (χ1n) is 14.0. The second-order valence-electron chi connectivity index (χ2n) is 10.6. The van der Waals surface area contributed by atoms with Crippen molar-refractivity contribution in [2.24, 2.45) is 0 Å². The van der Waals surface area contributed by atoms with Gasteiger partial charge in [-0.25, -0.2) is 4.98 Å². The molecule has 0 fully saturated rings. The van der Waals surface area contributed by atoms with Crippen molar-refractivity contribution in [3.63, 3.8) is 0 Å². The van der Waals surface area contributed by atoms with Crippen molar-refractivity contribution in [1.82, 2.24) is 14.0 Å². The summed E-state index contributed by atoms with van der Waals surface area (Å²) in [6.45, 7) is 2.21. The summed E-state index contributed by atoms with van der Waals surface area (Å²) >= 11 is 0. The van der Waals surface area contributed by atoms with Crippen LogP contribution in [0, 0.1) is 6.92 Å². The molecular formula is C38H27N3. The number of aryl methyl sites for hydroxylation is 1. The van der Waals surface area contributed by atoms with Crippen molar-refractivity contribution in [1.29, 1.82) is 0 Å². The Morgan fingerprint density at radius 3 is 1.76 bits per heavy atom. The van der Waals surface area contributed by atoms with E-state index in [4.69, 9.17) is 4.98 Å². The minimum Gasteiger partial charge on any atom is -0.309 e. The van der Waals surface area contributed by atoms with Crippen LogP contribution in [-0.4, -0.2) is 14.0 Å². The Hall–Kier alpha value is -5.41. The van der Waals surface area contributed by atoms with Crippen molar-refractivity contribution < 1.29 is 0 Å². The van der Waals surface area contributed by atoms with Crippen LogP contribution in [-0.2, 0) is 0 Å². The van der Waals surface area contributed by atoms with Gasteiger partial charge in [0.15, 0.2) is 0 Å². The van der Waals surface area contributed by atoms with E-state index in [0.717, 1.165) is 33.7 Å². The molecule has 8 aromatic rings. The zero-order chi connectivity index (χ0) is 27.3. The molecule has 0 atom stereocenters. The molecule has 3 aromatic heterocycles. The van der Waals surface area contributed by atoms with E-state index < -0.39 is 0 Å². The Labute approximate surface area is 238 Å². The molecule has 41 heavy (non-hydrogen) atoms. The normalized spacial score (nSPS) is 11.5. The molecule has 194 valence electrons. The SMILES string of the molecule is Cc1cc(-c2ccc3nc(-c4ccccc4)c(-c4ccccc4)n3c2)ccc1-n1c2ccccc2c2ccccc21. The number of hydrogen-bond donors (Lipinski definition) is 0. The number of imidazole rings is 1. The minimum atomic E-state index is 0.935. The Kier molecular flexibility index (Phi) is 5.36. The second-order valence-corrected chi connectivity index (χ2v) is 10.6. The van der Waals surface area contributed by atoms with Gasteiger partial charge in [0.05, 0.1) is 22.4 Å². The standard InChI is InChI=1S/C38H27N3/c1-26-24-29(20-22-33(26)41-34-18-10-8-16-31(34)32-17-9-11-19-35(32)41)30-21-23-36-39-37(27-12-4-2-5-13-27)38(40(36)25-30)28-14-6-3-7-15-28/h2-25H,1H3. The smallest absolute Gasteiger partial charge is 0.137 e. The molecule has 0 radical (unpaired) electrons. The molecule has 3 heterocycles. The molecule has 0 bridgehead atoms. The van der Waals surface area contributed by atoms with Gasteiger partial charge in [0.2, 0.25) is 0 Å². The van der Waals surface area contributed by atoms with E-state index in [0.29, 0.717) is 0 Å². The molecule has 0 unspecified atom stereocenters. The van der Waals surface area contributed by atoms with E-state index in [9.17, 15) is 0 Å². The van der Waals surface area contributed by atoms with Gasteiger partial charge in [-0.2, -0.15) is 0 Å². The second kappa shape index (κ2) is 9.35. The predicted octanol–water partition coefficient (Wildman–Crippen LogP) is 9.74. The van der Waals surface area contributed by atoms with E-state index in [-0.39, 0.29) is 0 Å². The van der Waals surface area contributed by atoms with E-state index in [2.05, 4.69) is 156 Å². The highest BCUT2D eigenvalue weighted by atomic mass is 15.0. The number of hydrogen-bond acceptors (Lipinski definition) is 1. The van der Waals surface area contributed by atoms with Crippen LogP contribution >= 0.6 is 0 Å². The fourth-order valence-corrected chi connectivity index (χ4v) is 6.15. The van der Waals surface area contributed by atoms with Crippen LogP contribution in [0.15, 0.2) is 146 Å². The number of pyridine rings is 1. The van der Waals surface area contributed by atoms with Crippen LogP contribution in [0.1, 0.15) is 5.56 Å². The highest BCUT2D eigenvalue weighted by Gasteiger charge is 2.17. The molecule has 3 heteroatoms. The van der Waals surface area contributed by atoms with Gasteiger partial charge >= 0.3 is 0 Å². The van der Waals surface area contributed by atoms with Gasteiger partial charge in [0.1, 0.15) is 5.65 Å². The minimum absolute atomic E-state index is 0.935. The fourth-order valence-electron chi connectivity index (χ4n) is 6.15. The molecule has 0 aliphatic carbocycles. The van der Waals surface area contributed by atoms with Gasteiger partial charge in [0.25, 0.3) is 0 Å². The largest absolute Gasteiger partial charge is 0.309 e. The molecular weight excluding hydrogens is 498 g/mol. The maximum absolute atomic E-state index is 5.08. The third kappa shape index (κ3) is 3.78. The highest BCUT2D eigenvalue weighted by molar-refractivity contribution is 6.09. The van der Waals surface area contributed by atoms with E-state index in [1.807, 2.05) is 6.07 Å². The first kappa shape index (κ1) is 23.5. The summed E-state index contributed by atoms with van der Waals surface area (Å²) in [5.41, 5.74) is 12.5. The van der Waals surface area contributed by atoms with E-state index in [1.54, 1.807) is 0 Å². The molecule has 5 aromatic carbocycles. The lowest BCUT2D eigenvalue weighted by molar-refractivity contribution is 1.15. The lowest BCUT2D eigenvalue weighted by Crippen LogP contribution is -1.97. The van der Waals surface area contributed by atoms with Gasteiger partial charge in [-0.1, -0.05) is 103 Å². The van der Waals surface area contributed by atoms with Crippen LogP contribution in [0.25, 0.3) is 66.8 Å². The summed E-state index contributed by atoms with van der Waals surface area (Å²) in [5.74, 6) is 0. The van der Waals surface area contributed by atoms with Crippen molar-refractivity contribution in [3.8, 4) is 39.3 Å². The number of para-hydroxylation sites is 2. The summed E-state index contributed by atoms with van der Waals surface area (Å²) in [5, 5.41) is 2.56. The quantitative estimate of drug-likeness (QED) is 0.224. The van der Waals surface area contributed by atoms with Crippen molar-refractivity contribution in [3.05, 3.63) is 151 Å². The summed E-state index contributed by atoms with van der Waals surface area (Å²) in [6, 6.07) is 49.5. The number of aromatic nitrogens is 3. The third-order valence-electron chi connectivity index (χ3n) is 8.06.